The van der Waals surface area contributed by atoms with Gasteiger partial charge in [-0.3, -0.25) is 9.59 Å². The highest BCUT2D eigenvalue weighted by atomic mass is 33.1. The molecule has 0 radical (unpaired) electrons. The summed E-state index contributed by atoms with van der Waals surface area (Å²) in [6.45, 7) is 0. The van der Waals surface area contributed by atoms with Crippen LogP contribution in [0.4, 0.5) is 5.69 Å². The highest BCUT2D eigenvalue weighted by Gasteiger charge is 2.32. The van der Waals surface area contributed by atoms with Crippen LogP contribution in [-0.4, -0.2) is 34.4 Å². The molecule has 0 bridgehead atoms. The van der Waals surface area contributed by atoms with Crippen LogP contribution in [0.25, 0.3) is 10.4 Å². The Morgan fingerprint density at radius 1 is 1.15 bits per heavy atom. The number of hydroxylamine groups is 2. The quantitative estimate of drug-likeness (QED) is 0.148. The van der Waals surface area contributed by atoms with E-state index in [1.54, 1.807) is 33.7 Å². The van der Waals surface area contributed by atoms with Crippen molar-refractivity contribution < 1.29 is 19.2 Å². The highest BCUT2D eigenvalue weighted by Crippen LogP contribution is 2.24. The van der Waals surface area contributed by atoms with Crippen LogP contribution in [0, 0.1) is 0 Å². The second-order valence-electron chi connectivity index (χ2n) is 5.40. The van der Waals surface area contributed by atoms with Gasteiger partial charge in [0.15, 0.2) is 0 Å². The second-order valence-corrected chi connectivity index (χ2v) is 8.10. The van der Waals surface area contributed by atoms with Crippen molar-refractivity contribution in [3.05, 3.63) is 40.3 Å². The Hall–Kier alpha value is -2.16. The Morgan fingerprint density at radius 3 is 2.46 bits per heavy atom. The first kappa shape index (κ1) is 20.2. The van der Waals surface area contributed by atoms with Crippen molar-refractivity contribution in [3.63, 3.8) is 0 Å². The van der Waals surface area contributed by atoms with Gasteiger partial charge in [-0.15, -0.1) is 5.06 Å². The third-order valence-corrected chi connectivity index (χ3v) is 5.95. The summed E-state index contributed by atoms with van der Waals surface area (Å²) in [6, 6.07) is 7.47. The molecule has 8 nitrogen and oxygen atoms in total. The summed E-state index contributed by atoms with van der Waals surface area (Å²) in [5, 5.41) is 4.10. The number of nitrogens with zero attached hydrogens (tertiary/aromatic N) is 4. The summed E-state index contributed by atoms with van der Waals surface area (Å²) in [5.74, 6) is -0.000840. The Balaban J connectivity index is 1.52. The minimum absolute atomic E-state index is 0.102. The Morgan fingerprint density at radius 2 is 1.81 bits per heavy atom. The third-order valence-electron chi connectivity index (χ3n) is 3.46. The molecule has 1 aliphatic heterocycles. The van der Waals surface area contributed by atoms with E-state index in [0.717, 1.165) is 18.6 Å². The van der Waals surface area contributed by atoms with Crippen molar-refractivity contribution in [1.82, 2.24) is 5.06 Å². The van der Waals surface area contributed by atoms with Crippen LogP contribution < -0.4 is 0 Å². The summed E-state index contributed by atoms with van der Waals surface area (Å²) in [6.07, 6.45) is 2.26. The smallest absolute Gasteiger partial charge is 0.330 e. The first-order chi connectivity index (χ1) is 12.6. The van der Waals surface area contributed by atoms with E-state index in [1.165, 1.54) is 5.56 Å². The molecule has 26 heavy (non-hydrogen) atoms. The van der Waals surface area contributed by atoms with Crippen LogP contribution in [0.2, 0.25) is 0 Å². The van der Waals surface area contributed by atoms with E-state index in [1.807, 2.05) is 12.1 Å². The van der Waals surface area contributed by atoms with Crippen molar-refractivity contribution in [3.8, 4) is 0 Å². The molecule has 1 saturated heterocycles. The van der Waals surface area contributed by atoms with Crippen LogP contribution in [0.1, 0.15) is 31.2 Å². The molecule has 0 saturated carbocycles. The van der Waals surface area contributed by atoms with E-state index in [4.69, 9.17) is 10.4 Å². The number of benzene rings is 1. The fourth-order valence-corrected chi connectivity index (χ4v) is 4.22. The number of hydrogen-bond acceptors (Lipinski definition) is 7. The van der Waals surface area contributed by atoms with E-state index in [-0.39, 0.29) is 19.3 Å². The molecule has 1 heterocycles. The topological polar surface area (TPSA) is 112 Å². The van der Waals surface area contributed by atoms with Crippen LogP contribution >= 0.6 is 21.6 Å². The summed E-state index contributed by atoms with van der Waals surface area (Å²) >= 11 is 0. The number of carbonyl (C=O) groups excluding carboxylic acids is 3. The molecule has 1 aliphatic rings. The Kier molecular flexibility index (Phi) is 8.33. The van der Waals surface area contributed by atoms with Crippen LogP contribution in [-0.2, 0) is 25.6 Å². The summed E-state index contributed by atoms with van der Waals surface area (Å²) in [5.41, 5.74) is 10.1. The van der Waals surface area contributed by atoms with Crippen LogP contribution in [0.3, 0.4) is 0 Å². The fraction of sp³-hybridized carbons (Fsp3) is 0.438. The van der Waals surface area contributed by atoms with Crippen molar-refractivity contribution in [2.75, 3.05) is 11.5 Å². The van der Waals surface area contributed by atoms with Crippen LogP contribution in [0.15, 0.2) is 29.4 Å². The molecule has 0 unspecified atom stereocenters. The number of carbonyl (C=O) groups is 3. The Labute approximate surface area is 158 Å². The van der Waals surface area contributed by atoms with E-state index >= 15 is 0 Å². The molecule has 1 fully saturated rings. The van der Waals surface area contributed by atoms with Gasteiger partial charge in [0.25, 0.3) is 11.8 Å². The van der Waals surface area contributed by atoms with E-state index in [9.17, 15) is 14.4 Å². The van der Waals surface area contributed by atoms with Gasteiger partial charge in [-0.05, 0) is 23.9 Å². The number of aryl methyl sites for hydroxylation is 1. The molecule has 0 aromatic heterocycles. The van der Waals surface area contributed by atoms with Crippen molar-refractivity contribution in [2.24, 2.45) is 5.11 Å². The number of rotatable bonds is 10. The standard InChI is InChI=1S/C16H18N4O4S2/c17-19-18-13-5-3-12(4-6-13)2-1-10-25-26-11-9-16(23)24-20-14(21)7-8-15(20)22/h3-6H,1-2,7-11H2. The summed E-state index contributed by atoms with van der Waals surface area (Å²) in [7, 11) is 3.22. The molecule has 10 heteroatoms. The van der Waals surface area contributed by atoms with E-state index in [2.05, 4.69) is 10.0 Å². The number of imide groups is 1. The fourth-order valence-electron chi connectivity index (χ4n) is 2.16. The average Bonchev–Trinajstić information content (AvgIpc) is 2.94. The maximum absolute atomic E-state index is 11.6. The van der Waals surface area contributed by atoms with Gasteiger partial charge in [0.05, 0.1) is 6.42 Å². The zero-order valence-corrected chi connectivity index (χ0v) is 15.6. The number of azide groups is 1. The SMILES string of the molecule is [N-]=[N+]=Nc1ccc(CCCSSCCC(=O)ON2C(=O)CCC2=O)cc1. The molecule has 1 aromatic carbocycles. The molecule has 2 rings (SSSR count). The second kappa shape index (κ2) is 10.7. The van der Waals surface area contributed by atoms with Gasteiger partial charge in [-0.25, -0.2) is 4.79 Å². The summed E-state index contributed by atoms with van der Waals surface area (Å²) < 4.78 is 0. The minimum atomic E-state index is -0.568. The minimum Gasteiger partial charge on any atom is -0.330 e. The normalized spacial score (nSPS) is 13.6. The number of amides is 2. The summed E-state index contributed by atoms with van der Waals surface area (Å²) in [4.78, 5) is 41.8. The van der Waals surface area contributed by atoms with E-state index < -0.39 is 17.8 Å². The lowest BCUT2D eigenvalue weighted by Gasteiger charge is -2.12. The molecular formula is C16H18N4O4S2. The van der Waals surface area contributed by atoms with Gasteiger partial charge in [0, 0.05) is 34.9 Å². The maximum Gasteiger partial charge on any atom is 0.334 e. The predicted octanol–water partition coefficient (Wildman–Crippen LogP) is 3.94. The van der Waals surface area contributed by atoms with Crippen molar-refractivity contribution in [1.29, 1.82) is 0 Å². The lowest BCUT2D eigenvalue weighted by Crippen LogP contribution is -2.32. The lowest BCUT2D eigenvalue weighted by molar-refractivity contribution is -0.197. The predicted molar refractivity (Wildman–Crippen MR) is 100 cm³/mol. The lowest BCUT2D eigenvalue weighted by atomic mass is 10.1. The zero-order valence-electron chi connectivity index (χ0n) is 14.0. The molecule has 2 amide bonds. The molecule has 0 atom stereocenters. The number of hydrogen-bond donors (Lipinski definition) is 0. The zero-order chi connectivity index (χ0) is 18.8. The highest BCUT2D eigenvalue weighted by molar-refractivity contribution is 8.76. The van der Waals surface area contributed by atoms with E-state index in [0.29, 0.717) is 16.5 Å². The Bertz CT molecular complexity index is 689. The van der Waals surface area contributed by atoms with Crippen molar-refractivity contribution in [2.45, 2.75) is 32.1 Å². The monoisotopic (exact) mass is 394 g/mol. The maximum atomic E-state index is 11.6. The van der Waals surface area contributed by atoms with Gasteiger partial charge < -0.3 is 4.84 Å². The van der Waals surface area contributed by atoms with Gasteiger partial charge >= 0.3 is 5.97 Å². The molecular weight excluding hydrogens is 376 g/mol. The van der Waals surface area contributed by atoms with Gasteiger partial charge in [0.2, 0.25) is 0 Å². The van der Waals surface area contributed by atoms with Gasteiger partial charge in [0.1, 0.15) is 0 Å². The molecule has 0 spiro atoms. The van der Waals surface area contributed by atoms with Gasteiger partial charge in [-0.2, -0.15) is 0 Å². The molecule has 138 valence electrons. The average molecular weight is 394 g/mol. The largest absolute Gasteiger partial charge is 0.334 e. The molecule has 0 N–H and O–H groups in total. The molecule has 0 aliphatic carbocycles. The first-order valence-electron chi connectivity index (χ1n) is 8.05. The molecule has 1 aromatic rings. The van der Waals surface area contributed by atoms with Gasteiger partial charge in [-0.1, -0.05) is 51.0 Å². The first-order valence-corrected chi connectivity index (χ1v) is 10.5. The van der Waals surface area contributed by atoms with Crippen LogP contribution in [0.5, 0.6) is 0 Å². The van der Waals surface area contributed by atoms with Crippen molar-refractivity contribution >= 4 is 45.1 Å². The third kappa shape index (κ3) is 6.62.